The van der Waals surface area contributed by atoms with Crippen LogP contribution < -0.4 is 0 Å². The third-order valence-corrected chi connectivity index (χ3v) is 7.33. The molecule has 4 atom stereocenters. The second-order valence-corrected chi connectivity index (χ2v) is 9.17. The van der Waals surface area contributed by atoms with Crippen LogP contribution in [0.5, 0.6) is 5.75 Å². The highest BCUT2D eigenvalue weighted by Gasteiger charge is 2.73. The van der Waals surface area contributed by atoms with Crippen molar-refractivity contribution in [2.75, 3.05) is 6.61 Å². The van der Waals surface area contributed by atoms with E-state index < -0.39 is 23.4 Å². The molecule has 5 nitrogen and oxygen atoms in total. The number of rotatable bonds is 2. The molecule has 1 heterocycles. The van der Waals surface area contributed by atoms with Crippen molar-refractivity contribution in [1.82, 2.24) is 0 Å². The maximum Gasteiger partial charge on any atom is 0.193 e. The zero-order valence-electron chi connectivity index (χ0n) is 16.5. The highest BCUT2D eigenvalue weighted by atomic mass is 16.8. The molecule has 5 rings (SSSR count). The standard InChI is InChI=1S/C23H26O5/c1-21(2)27-20-11-18-17-6-4-13-10-14(25)5-7-15(13)16(17)8-9-22(18,3)23(20,28-21)19(26)12-24/h4-7,10,18,20,24-25H,8-9,11-12H2,1-3H3/t18-,20+,22-,23+/m0/s1. The van der Waals surface area contributed by atoms with Gasteiger partial charge in [0.2, 0.25) is 0 Å². The van der Waals surface area contributed by atoms with Crippen molar-refractivity contribution in [1.29, 1.82) is 0 Å². The van der Waals surface area contributed by atoms with Crippen LogP contribution in [0.15, 0.2) is 30.3 Å². The number of phenols is 1. The Bertz CT molecular complexity index is 996. The Morgan fingerprint density at radius 2 is 2.00 bits per heavy atom. The van der Waals surface area contributed by atoms with E-state index in [4.69, 9.17) is 9.47 Å². The zero-order chi connectivity index (χ0) is 19.9. The van der Waals surface area contributed by atoms with Gasteiger partial charge in [-0.3, -0.25) is 4.79 Å². The van der Waals surface area contributed by atoms with Crippen LogP contribution in [0.4, 0.5) is 0 Å². The Labute approximate surface area is 164 Å². The highest BCUT2D eigenvalue weighted by molar-refractivity contribution is 5.92. The number of ketones is 1. The molecule has 2 aromatic rings. The first-order valence-electron chi connectivity index (χ1n) is 9.98. The minimum atomic E-state index is -1.11. The van der Waals surface area contributed by atoms with Crippen molar-refractivity contribution in [3.8, 4) is 5.75 Å². The SMILES string of the molecule is CC1(C)O[C@@H]2C[C@H]3c4ccc5cc(O)ccc5c4CC[C@]3(C)[C@]2(C(=O)CO)O1. The number of hydrogen-bond donors (Lipinski definition) is 2. The quantitative estimate of drug-likeness (QED) is 0.832. The van der Waals surface area contributed by atoms with E-state index in [0.29, 0.717) is 6.42 Å². The molecule has 1 saturated heterocycles. The Morgan fingerprint density at radius 1 is 1.21 bits per heavy atom. The van der Waals surface area contributed by atoms with Crippen molar-refractivity contribution >= 4 is 16.6 Å². The molecule has 1 saturated carbocycles. The number of aliphatic hydroxyl groups is 1. The Hall–Kier alpha value is -1.95. The monoisotopic (exact) mass is 382 g/mol. The van der Waals surface area contributed by atoms with Gasteiger partial charge in [-0.2, -0.15) is 0 Å². The Morgan fingerprint density at radius 3 is 2.75 bits per heavy atom. The van der Waals surface area contributed by atoms with Gasteiger partial charge < -0.3 is 19.7 Å². The molecule has 0 spiro atoms. The molecule has 28 heavy (non-hydrogen) atoms. The molecular formula is C23H26O5. The van der Waals surface area contributed by atoms with E-state index >= 15 is 0 Å². The van der Waals surface area contributed by atoms with Crippen LogP contribution in [-0.2, 0) is 20.7 Å². The Kier molecular flexibility index (Phi) is 3.59. The van der Waals surface area contributed by atoms with Crippen molar-refractivity contribution in [2.45, 2.75) is 63.4 Å². The lowest BCUT2D eigenvalue weighted by Crippen LogP contribution is -2.58. The van der Waals surface area contributed by atoms with Crippen LogP contribution in [-0.4, -0.2) is 40.1 Å². The van der Waals surface area contributed by atoms with E-state index in [9.17, 15) is 15.0 Å². The zero-order valence-corrected chi connectivity index (χ0v) is 16.5. The molecule has 5 heteroatoms. The van der Waals surface area contributed by atoms with Gasteiger partial charge in [0.25, 0.3) is 0 Å². The average Bonchev–Trinajstić information content (AvgIpc) is 3.06. The lowest BCUT2D eigenvalue weighted by molar-refractivity contribution is -0.200. The van der Waals surface area contributed by atoms with Gasteiger partial charge in [-0.1, -0.05) is 25.1 Å². The van der Waals surface area contributed by atoms with Crippen LogP contribution in [0.3, 0.4) is 0 Å². The second kappa shape index (κ2) is 5.56. The molecule has 0 aromatic heterocycles. The normalized spacial score (nSPS) is 35.4. The molecule has 2 aromatic carbocycles. The second-order valence-electron chi connectivity index (χ2n) is 9.17. The first-order chi connectivity index (χ1) is 13.2. The number of aryl methyl sites for hydroxylation is 1. The van der Waals surface area contributed by atoms with Crippen molar-refractivity contribution in [2.24, 2.45) is 5.41 Å². The maximum absolute atomic E-state index is 13.0. The summed E-state index contributed by atoms with van der Waals surface area (Å²) in [5.41, 5.74) is 0.961. The van der Waals surface area contributed by atoms with E-state index in [-0.39, 0.29) is 23.6 Å². The first kappa shape index (κ1) is 18.1. The van der Waals surface area contributed by atoms with Crippen LogP contribution >= 0.6 is 0 Å². The van der Waals surface area contributed by atoms with Crippen molar-refractivity contribution < 1.29 is 24.5 Å². The summed E-state index contributed by atoms with van der Waals surface area (Å²) in [6, 6.07) is 9.67. The molecule has 0 unspecified atom stereocenters. The number of hydrogen-bond acceptors (Lipinski definition) is 5. The summed E-state index contributed by atoms with van der Waals surface area (Å²) >= 11 is 0. The third-order valence-electron chi connectivity index (χ3n) is 7.33. The van der Waals surface area contributed by atoms with Crippen LogP contribution in [0.2, 0.25) is 0 Å². The smallest absolute Gasteiger partial charge is 0.193 e. The number of aromatic hydroxyl groups is 1. The average molecular weight is 382 g/mol. The molecule has 2 fully saturated rings. The van der Waals surface area contributed by atoms with Gasteiger partial charge in [0.15, 0.2) is 17.2 Å². The predicted molar refractivity (Wildman–Crippen MR) is 104 cm³/mol. The van der Waals surface area contributed by atoms with E-state index in [1.165, 1.54) is 11.1 Å². The number of phenolic OH excluding ortho intramolecular Hbond substituents is 1. The molecule has 0 radical (unpaired) electrons. The molecule has 2 N–H and O–H groups in total. The van der Waals surface area contributed by atoms with Crippen molar-refractivity contribution in [3.05, 3.63) is 41.5 Å². The number of ether oxygens (including phenoxy) is 2. The Balaban J connectivity index is 1.68. The van der Waals surface area contributed by atoms with E-state index in [2.05, 4.69) is 13.0 Å². The van der Waals surface area contributed by atoms with E-state index in [1.54, 1.807) is 12.1 Å². The van der Waals surface area contributed by atoms with E-state index in [1.807, 2.05) is 26.0 Å². The fourth-order valence-corrected chi connectivity index (χ4v) is 6.23. The van der Waals surface area contributed by atoms with Gasteiger partial charge in [0.05, 0.1) is 6.10 Å². The van der Waals surface area contributed by atoms with Crippen LogP contribution in [0, 0.1) is 5.41 Å². The van der Waals surface area contributed by atoms with Gasteiger partial charge >= 0.3 is 0 Å². The van der Waals surface area contributed by atoms with Crippen LogP contribution in [0.1, 0.15) is 50.7 Å². The summed E-state index contributed by atoms with van der Waals surface area (Å²) in [4.78, 5) is 13.0. The molecule has 0 amide bonds. The topological polar surface area (TPSA) is 76.0 Å². The summed E-state index contributed by atoms with van der Waals surface area (Å²) in [5, 5.41) is 21.8. The lowest BCUT2D eigenvalue weighted by Gasteiger charge is -2.47. The van der Waals surface area contributed by atoms with Gasteiger partial charge in [-0.05, 0) is 73.1 Å². The number of carbonyl (C=O) groups excluding carboxylic acids is 1. The van der Waals surface area contributed by atoms with Gasteiger partial charge in [-0.25, -0.2) is 0 Å². The highest BCUT2D eigenvalue weighted by Crippen LogP contribution is 2.66. The summed E-state index contributed by atoms with van der Waals surface area (Å²) in [7, 11) is 0. The van der Waals surface area contributed by atoms with Gasteiger partial charge in [0, 0.05) is 5.41 Å². The number of Topliss-reactive ketones (excluding diaryl/α,β-unsaturated/α-hetero) is 1. The lowest BCUT2D eigenvalue weighted by atomic mass is 9.60. The van der Waals surface area contributed by atoms with Crippen molar-refractivity contribution in [3.63, 3.8) is 0 Å². The third kappa shape index (κ3) is 2.10. The predicted octanol–water partition coefficient (Wildman–Crippen LogP) is 3.44. The molecular weight excluding hydrogens is 356 g/mol. The first-order valence-corrected chi connectivity index (χ1v) is 9.98. The van der Waals surface area contributed by atoms with E-state index in [0.717, 1.165) is 23.6 Å². The number of fused-ring (bicyclic) bond motifs is 7. The summed E-state index contributed by atoms with van der Waals surface area (Å²) in [5.74, 6) is -0.738. The fourth-order valence-electron chi connectivity index (χ4n) is 6.23. The minimum absolute atomic E-state index is 0.117. The van der Waals surface area contributed by atoms with Crippen LogP contribution in [0.25, 0.3) is 10.8 Å². The molecule has 0 bridgehead atoms. The number of aliphatic hydroxyl groups excluding tert-OH is 1. The summed E-state index contributed by atoms with van der Waals surface area (Å²) in [6.45, 7) is 5.27. The number of benzene rings is 2. The molecule has 2 aliphatic carbocycles. The fraction of sp³-hybridized carbons (Fsp3) is 0.522. The maximum atomic E-state index is 13.0. The summed E-state index contributed by atoms with van der Waals surface area (Å²) < 4.78 is 12.5. The summed E-state index contributed by atoms with van der Waals surface area (Å²) in [6.07, 6.45) is 1.94. The number of carbonyl (C=O) groups is 1. The largest absolute Gasteiger partial charge is 0.508 e. The molecule has 1 aliphatic heterocycles. The molecule has 148 valence electrons. The van der Waals surface area contributed by atoms with Gasteiger partial charge in [0.1, 0.15) is 12.4 Å². The minimum Gasteiger partial charge on any atom is -0.508 e. The van der Waals surface area contributed by atoms with Gasteiger partial charge in [-0.15, -0.1) is 0 Å². The molecule has 3 aliphatic rings.